The van der Waals surface area contributed by atoms with Crippen molar-refractivity contribution < 1.29 is 9.59 Å². The van der Waals surface area contributed by atoms with Gasteiger partial charge < -0.3 is 9.80 Å². The molecule has 1 aliphatic rings. The highest BCUT2D eigenvalue weighted by molar-refractivity contribution is 6.09. The molecular weight excluding hydrogens is 266 g/mol. The van der Waals surface area contributed by atoms with E-state index in [9.17, 15) is 9.59 Å². The van der Waals surface area contributed by atoms with Crippen LogP contribution >= 0.6 is 0 Å². The smallest absolute Gasteiger partial charge is 0.256 e. The van der Waals surface area contributed by atoms with Gasteiger partial charge in [0.2, 0.25) is 5.91 Å². The molecule has 2 amide bonds. The molecule has 3 rings (SSSR count). The first kappa shape index (κ1) is 13.3. The zero-order chi connectivity index (χ0) is 14.8. The van der Waals surface area contributed by atoms with E-state index in [1.54, 1.807) is 36.5 Å². The van der Waals surface area contributed by atoms with Crippen LogP contribution in [0.3, 0.4) is 0 Å². The van der Waals surface area contributed by atoms with E-state index in [-0.39, 0.29) is 18.4 Å². The van der Waals surface area contributed by atoms with E-state index in [4.69, 9.17) is 0 Å². The molecule has 0 aliphatic carbocycles. The third-order valence-electron chi connectivity index (χ3n) is 3.58. The third kappa shape index (κ3) is 2.50. The summed E-state index contributed by atoms with van der Waals surface area (Å²) in [5.74, 6) is -0.232. The number of fused-ring (bicyclic) bond motifs is 1. The van der Waals surface area contributed by atoms with Crippen molar-refractivity contribution in [1.29, 1.82) is 0 Å². The van der Waals surface area contributed by atoms with E-state index in [2.05, 4.69) is 4.98 Å². The average molecular weight is 281 g/mol. The summed E-state index contributed by atoms with van der Waals surface area (Å²) in [6.07, 6.45) is 3.39. The van der Waals surface area contributed by atoms with E-state index < -0.39 is 0 Å². The minimum atomic E-state index is -0.132. The molecule has 1 aromatic heterocycles. The van der Waals surface area contributed by atoms with Gasteiger partial charge in [-0.2, -0.15) is 0 Å². The quantitative estimate of drug-likeness (QED) is 0.842. The number of para-hydroxylation sites is 1. The Morgan fingerprint density at radius 2 is 1.95 bits per heavy atom. The van der Waals surface area contributed by atoms with Crippen molar-refractivity contribution >= 4 is 17.5 Å². The van der Waals surface area contributed by atoms with Gasteiger partial charge in [-0.15, -0.1) is 0 Å². The Morgan fingerprint density at radius 3 is 2.71 bits per heavy atom. The summed E-state index contributed by atoms with van der Waals surface area (Å²) in [4.78, 5) is 32.0. The number of aromatic nitrogens is 1. The molecule has 0 bridgehead atoms. The van der Waals surface area contributed by atoms with Crippen molar-refractivity contribution in [1.82, 2.24) is 9.88 Å². The minimum absolute atomic E-state index is 0.0684. The molecule has 0 spiro atoms. The number of likely N-dealkylation sites (N-methyl/N-ethyl adjacent to an activating group) is 1. The monoisotopic (exact) mass is 281 g/mol. The van der Waals surface area contributed by atoms with Crippen LogP contribution in [0.2, 0.25) is 0 Å². The van der Waals surface area contributed by atoms with Gasteiger partial charge in [-0.25, -0.2) is 0 Å². The molecule has 0 unspecified atom stereocenters. The second-order valence-electron chi connectivity index (χ2n) is 4.99. The SMILES string of the molecule is CN1C(=O)CN(Cc2cccnc2)C(=O)c2ccccc21. The maximum atomic E-state index is 12.7. The Balaban J connectivity index is 1.97. The highest BCUT2D eigenvalue weighted by Crippen LogP contribution is 2.25. The average Bonchev–Trinajstić information content (AvgIpc) is 2.61. The van der Waals surface area contributed by atoms with Crippen LogP contribution in [-0.2, 0) is 11.3 Å². The maximum Gasteiger partial charge on any atom is 0.256 e. The molecule has 1 aromatic carbocycles. The molecule has 0 atom stereocenters. The van der Waals surface area contributed by atoms with Crippen molar-refractivity contribution in [3.05, 3.63) is 59.9 Å². The van der Waals surface area contributed by atoms with Crippen LogP contribution < -0.4 is 4.90 Å². The lowest BCUT2D eigenvalue weighted by atomic mass is 10.1. The molecule has 2 heterocycles. The van der Waals surface area contributed by atoms with Crippen LogP contribution in [0.15, 0.2) is 48.8 Å². The van der Waals surface area contributed by atoms with Gasteiger partial charge in [0.15, 0.2) is 0 Å². The van der Waals surface area contributed by atoms with Crippen molar-refractivity contribution in [3.8, 4) is 0 Å². The van der Waals surface area contributed by atoms with Gasteiger partial charge >= 0.3 is 0 Å². The van der Waals surface area contributed by atoms with Crippen molar-refractivity contribution in [2.45, 2.75) is 6.54 Å². The van der Waals surface area contributed by atoms with E-state index in [0.29, 0.717) is 17.8 Å². The van der Waals surface area contributed by atoms with E-state index in [1.807, 2.05) is 24.3 Å². The number of nitrogens with zero attached hydrogens (tertiary/aromatic N) is 3. The van der Waals surface area contributed by atoms with Gasteiger partial charge in [0.25, 0.3) is 5.91 Å². The lowest BCUT2D eigenvalue weighted by Gasteiger charge is -2.19. The molecule has 21 heavy (non-hydrogen) atoms. The van der Waals surface area contributed by atoms with Gasteiger partial charge in [0.05, 0.1) is 11.3 Å². The summed E-state index contributed by atoms with van der Waals surface area (Å²) in [5.41, 5.74) is 2.11. The first-order chi connectivity index (χ1) is 10.2. The predicted octanol–water partition coefficient (Wildman–Crippen LogP) is 1.70. The molecule has 0 saturated heterocycles. The molecule has 0 fully saturated rings. The van der Waals surface area contributed by atoms with Gasteiger partial charge in [-0.1, -0.05) is 18.2 Å². The van der Waals surface area contributed by atoms with Crippen molar-refractivity contribution in [2.24, 2.45) is 0 Å². The van der Waals surface area contributed by atoms with Crippen LogP contribution in [0.5, 0.6) is 0 Å². The largest absolute Gasteiger partial charge is 0.325 e. The topological polar surface area (TPSA) is 53.5 Å². The van der Waals surface area contributed by atoms with Gasteiger partial charge in [0, 0.05) is 26.0 Å². The molecule has 0 saturated carbocycles. The zero-order valence-electron chi connectivity index (χ0n) is 11.7. The highest BCUT2D eigenvalue weighted by Gasteiger charge is 2.29. The number of carbonyl (C=O) groups excluding carboxylic acids is 2. The molecule has 1 aliphatic heterocycles. The Labute approximate surface area is 122 Å². The third-order valence-corrected chi connectivity index (χ3v) is 3.58. The number of carbonyl (C=O) groups is 2. The summed E-state index contributed by atoms with van der Waals surface area (Å²) in [5, 5.41) is 0. The van der Waals surface area contributed by atoms with Crippen LogP contribution in [0.1, 0.15) is 15.9 Å². The maximum absolute atomic E-state index is 12.7. The number of amides is 2. The number of anilines is 1. The molecule has 0 radical (unpaired) electrons. The summed E-state index contributed by atoms with van der Waals surface area (Å²) in [6.45, 7) is 0.444. The Hall–Kier alpha value is -2.69. The summed E-state index contributed by atoms with van der Waals surface area (Å²) in [6, 6.07) is 10.9. The second kappa shape index (κ2) is 5.36. The standard InChI is InChI=1S/C16H15N3O2/c1-18-14-7-3-2-6-13(14)16(21)19(11-15(18)20)10-12-5-4-8-17-9-12/h2-9H,10-11H2,1H3. The summed E-state index contributed by atoms with van der Waals surface area (Å²) >= 11 is 0. The van der Waals surface area contributed by atoms with Crippen LogP contribution in [0.4, 0.5) is 5.69 Å². The minimum Gasteiger partial charge on any atom is -0.325 e. The number of hydrogen-bond donors (Lipinski definition) is 0. The van der Waals surface area contributed by atoms with Gasteiger partial charge in [0.1, 0.15) is 6.54 Å². The van der Waals surface area contributed by atoms with E-state index in [1.165, 1.54) is 4.90 Å². The number of hydrogen-bond acceptors (Lipinski definition) is 3. The fourth-order valence-corrected chi connectivity index (χ4v) is 2.43. The second-order valence-corrected chi connectivity index (χ2v) is 4.99. The molecule has 106 valence electrons. The Morgan fingerprint density at radius 1 is 1.14 bits per heavy atom. The first-order valence-corrected chi connectivity index (χ1v) is 6.70. The van der Waals surface area contributed by atoms with Crippen molar-refractivity contribution in [2.75, 3.05) is 18.5 Å². The Kier molecular flexibility index (Phi) is 3.39. The van der Waals surface area contributed by atoms with E-state index >= 15 is 0 Å². The van der Waals surface area contributed by atoms with Crippen molar-refractivity contribution in [3.63, 3.8) is 0 Å². The van der Waals surface area contributed by atoms with Crippen LogP contribution in [0, 0.1) is 0 Å². The molecule has 5 heteroatoms. The number of benzene rings is 1. The first-order valence-electron chi connectivity index (χ1n) is 6.70. The fourth-order valence-electron chi connectivity index (χ4n) is 2.43. The molecule has 5 nitrogen and oxygen atoms in total. The number of rotatable bonds is 2. The van der Waals surface area contributed by atoms with Crippen LogP contribution in [0.25, 0.3) is 0 Å². The lowest BCUT2D eigenvalue weighted by Crippen LogP contribution is -2.37. The molecular formula is C16H15N3O2. The lowest BCUT2D eigenvalue weighted by molar-refractivity contribution is -0.118. The van der Waals surface area contributed by atoms with E-state index in [0.717, 1.165) is 5.56 Å². The van der Waals surface area contributed by atoms with Crippen LogP contribution in [-0.4, -0.2) is 35.3 Å². The van der Waals surface area contributed by atoms with Gasteiger partial charge in [-0.3, -0.25) is 14.6 Å². The zero-order valence-corrected chi connectivity index (χ0v) is 11.7. The predicted molar refractivity (Wildman–Crippen MR) is 78.8 cm³/mol. The normalized spacial score (nSPS) is 14.9. The molecule has 0 N–H and O–H groups in total. The highest BCUT2D eigenvalue weighted by atomic mass is 16.2. The summed E-state index contributed by atoms with van der Waals surface area (Å²) < 4.78 is 0. The van der Waals surface area contributed by atoms with Gasteiger partial charge in [-0.05, 0) is 23.8 Å². The number of pyridine rings is 1. The Bertz CT molecular complexity index is 685. The fraction of sp³-hybridized carbons (Fsp3) is 0.188. The molecule has 2 aromatic rings. The summed E-state index contributed by atoms with van der Waals surface area (Å²) in [7, 11) is 1.70.